The van der Waals surface area contributed by atoms with Crippen LogP contribution in [0.3, 0.4) is 0 Å². The Kier molecular flexibility index (Phi) is 5.77. The summed E-state index contributed by atoms with van der Waals surface area (Å²) in [5.41, 5.74) is 2.34. The molecule has 1 aromatic carbocycles. The molecule has 1 saturated heterocycles. The second kappa shape index (κ2) is 8.73. The maximum Gasteiger partial charge on any atom is 0.418 e. The molecule has 174 valence electrons. The van der Waals surface area contributed by atoms with Crippen LogP contribution in [0.25, 0.3) is 17.0 Å². The molecule has 1 aromatic heterocycles. The number of rotatable bonds is 4. The number of ether oxygens (including phenoxy) is 2. The van der Waals surface area contributed by atoms with Crippen LogP contribution in [0.4, 0.5) is 4.79 Å². The summed E-state index contributed by atoms with van der Waals surface area (Å²) in [5, 5.41) is 0.958. The second-order valence-electron chi connectivity index (χ2n) is 9.46. The normalized spacial score (nSPS) is 24.1. The highest BCUT2D eigenvalue weighted by Crippen LogP contribution is 2.40. The van der Waals surface area contributed by atoms with E-state index < -0.39 is 6.09 Å². The number of methoxy groups -OCH3 is 2. The van der Waals surface area contributed by atoms with Crippen LogP contribution in [-0.4, -0.2) is 47.8 Å². The molecule has 2 aromatic rings. The fourth-order valence-electron chi connectivity index (χ4n) is 5.92. The summed E-state index contributed by atoms with van der Waals surface area (Å²) in [7, 11) is 3.04. The molecule has 6 nitrogen and oxygen atoms in total. The van der Waals surface area contributed by atoms with Gasteiger partial charge in [-0.1, -0.05) is 31.1 Å². The van der Waals surface area contributed by atoms with Crippen LogP contribution in [-0.2, 0) is 16.0 Å². The molecule has 0 N–H and O–H groups in total. The summed E-state index contributed by atoms with van der Waals surface area (Å²) in [5.74, 6) is 1.63. The molecular formula is C27H32N2O4. The van der Waals surface area contributed by atoms with E-state index in [-0.39, 0.29) is 11.4 Å². The zero-order valence-electron chi connectivity index (χ0n) is 19.5. The van der Waals surface area contributed by atoms with Gasteiger partial charge in [-0.25, -0.2) is 9.36 Å². The standard InChI is InChI=1S/C27H32N2O4/c1-32-20-9-10-23-22(18-20)21-13-17-28-25(30)12-16-27(28,14-5-8-19-6-3-4-7-19)15-11-24(21)29(23)26(31)33-2/h5,8-11,15,18-19H,3-4,6-7,12-14,16-17H2,1-2H3/b8-5+,15-11-/t27-/m0/s1. The Morgan fingerprint density at radius 2 is 2.03 bits per heavy atom. The highest BCUT2D eigenvalue weighted by Gasteiger charge is 2.43. The minimum Gasteiger partial charge on any atom is -0.497 e. The molecule has 0 radical (unpaired) electrons. The third-order valence-corrected chi connectivity index (χ3v) is 7.70. The Labute approximate surface area is 194 Å². The first-order valence-corrected chi connectivity index (χ1v) is 12.0. The van der Waals surface area contributed by atoms with Crippen molar-refractivity contribution >= 4 is 29.0 Å². The molecule has 1 amide bonds. The number of nitrogens with zero attached hydrogens (tertiary/aromatic N) is 2. The Morgan fingerprint density at radius 1 is 1.21 bits per heavy atom. The first-order valence-electron chi connectivity index (χ1n) is 12.0. The Balaban J connectivity index is 1.59. The van der Waals surface area contributed by atoms with Crippen LogP contribution in [0.1, 0.15) is 56.2 Å². The van der Waals surface area contributed by atoms with E-state index in [9.17, 15) is 9.59 Å². The molecule has 5 rings (SSSR count). The van der Waals surface area contributed by atoms with E-state index in [2.05, 4.69) is 23.1 Å². The van der Waals surface area contributed by atoms with Gasteiger partial charge in [-0.2, -0.15) is 0 Å². The van der Waals surface area contributed by atoms with Crippen LogP contribution >= 0.6 is 0 Å². The van der Waals surface area contributed by atoms with Gasteiger partial charge in [0.1, 0.15) is 5.75 Å². The summed E-state index contributed by atoms with van der Waals surface area (Å²) in [6, 6.07) is 5.72. The highest BCUT2D eigenvalue weighted by atomic mass is 16.5. The van der Waals surface area contributed by atoms with Gasteiger partial charge in [0, 0.05) is 18.4 Å². The Hall–Kier alpha value is -3.02. The van der Waals surface area contributed by atoms with Gasteiger partial charge in [-0.05, 0) is 67.9 Å². The van der Waals surface area contributed by atoms with Crippen molar-refractivity contribution in [3.8, 4) is 5.75 Å². The number of hydrogen-bond acceptors (Lipinski definition) is 4. The molecule has 3 aliphatic rings. The minimum atomic E-state index is -0.411. The van der Waals surface area contributed by atoms with Gasteiger partial charge < -0.3 is 14.4 Å². The topological polar surface area (TPSA) is 60.8 Å². The lowest BCUT2D eigenvalue weighted by molar-refractivity contribution is -0.130. The number of carbonyl (C=O) groups is 2. The summed E-state index contributed by atoms with van der Waals surface area (Å²) < 4.78 is 12.2. The van der Waals surface area contributed by atoms with Gasteiger partial charge in [0.25, 0.3) is 0 Å². The number of aromatic nitrogens is 1. The van der Waals surface area contributed by atoms with Crippen molar-refractivity contribution in [2.45, 2.75) is 56.9 Å². The molecule has 3 heterocycles. The molecular weight excluding hydrogens is 416 g/mol. The average Bonchev–Trinajstić information content (AvgIpc) is 3.52. The number of benzene rings is 1. The molecule has 33 heavy (non-hydrogen) atoms. The molecule has 1 aliphatic carbocycles. The van der Waals surface area contributed by atoms with Crippen molar-refractivity contribution in [1.82, 2.24) is 9.47 Å². The largest absolute Gasteiger partial charge is 0.497 e. The van der Waals surface area contributed by atoms with E-state index in [0.717, 1.165) is 40.8 Å². The van der Waals surface area contributed by atoms with Crippen molar-refractivity contribution in [3.63, 3.8) is 0 Å². The van der Waals surface area contributed by atoms with Crippen LogP contribution < -0.4 is 4.74 Å². The number of amides is 1. The first-order chi connectivity index (χ1) is 16.1. The number of hydrogen-bond donors (Lipinski definition) is 0. The van der Waals surface area contributed by atoms with E-state index in [1.165, 1.54) is 32.8 Å². The van der Waals surface area contributed by atoms with Crippen LogP contribution in [0.15, 0.2) is 36.4 Å². The fourth-order valence-corrected chi connectivity index (χ4v) is 5.92. The van der Waals surface area contributed by atoms with Crippen LogP contribution in [0.2, 0.25) is 0 Å². The molecule has 0 spiro atoms. The van der Waals surface area contributed by atoms with Crippen molar-refractivity contribution in [3.05, 3.63) is 47.7 Å². The van der Waals surface area contributed by atoms with Gasteiger partial charge in [-0.15, -0.1) is 0 Å². The molecule has 2 fully saturated rings. The summed E-state index contributed by atoms with van der Waals surface area (Å²) in [6.45, 7) is 0.630. The summed E-state index contributed by atoms with van der Waals surface area (Å²) >= 11 is 0. The van der Waals surface area contributed by atoms with Crippen molar-refractivity contribution in [2.75, 3.05) is 20.8 Å². The van der Waals surface area contributed by atoms with Crippen molar-refractivity contribution in [1.29, 1.82) is 0 Å². The van der Waals surface area contributed by atoms with Crippen LogP contribution in [0.5, 0.6) is 5.75 Å². The quantitative estimate of drug-likeness (QED) is 0.593. The van der Waals surface area contributed by atoms with Crippen LogP contribution in [0, 0.1) is 5.92 Å². The fraction of sp³-hybridized carbons (Fsp3) is 0.481. The molecule has 0 bridgehead atoms. The lowest BCUT2D eigenvalue weighted by Crippen LogP contribution is -2.45. The molecule has 1 saturated carbocycles. The average molecular weight is 449 g/mol. The lowest BCUT2D eigenvalue weighted by atomic mass is 9.88. The highest BCUT2D eigenvalue weighted by molar-refractivity contribution is 5.97. The van der Waals surface area contributed by atoms with Crippen molar-refractivity contribution in [2.24, 2.45) is 5.92 Å². The van der Waals surface area contributed by atoms with E-state index in [1.807, 2.05) is 24.3 Å². The Bertz CT molecular complexity index is 1140. The molecule has 6 heteroatoms. The number of carbonyl (C=O) groups excluding carboxylic acids is 2. The van der Waals surface area contributed by atoms with E-state index >= 15 is 0 Å². The smallest absolute Gasteiger partial charge is 0.418 e. The molecule has 1 atom stereocenters. The monoisotopic (exact) mass is 448 g/mol. The first kappa shape index (κ1) is 21.8. The zero-order valence-corrected chi connectivity index (χ0v) is 19.5. The summed E-state index contributed by atoms with van der Waals surface area (Å²) in [4.78, 5) is 27.8. The van der Waals surface area contributed by atoms with Gasteiger partial charge in [0.05, 0.1) is 31.0 Å². The Morgan fingerprint density at radius 3 is 2.79 bits per heavy atom. The molecule has 0 unspecified atom stereocenters. The SMILES string of the molecule is COC(=O)n1c2c(c3cc(OC)ccc31)CCN1C(=O)CC[C@]1(C/C=C/C1CCCC1)/C=C\2. The maximum atomic E-state index is 12.9. The third kappa shape index (κ3) is 3.75. The third-order valence-electron chi connectivity index (χ3n) is 7.70. The van der Waals surface area contributed by atoms with E-state index in [1.54, 1.807) is 11.7 Å². The molecule has 2 aliphatic heterocycles. The lowest BCUT2D eigenvalue weighted by Gasteiger charge is -2.37. The van der Waals surface area contributed by atoms with E-state index in [0.29, 0.717) is 25.3 Å². The van der Waals surface area contributed by atoms with Gasteiger partial charge in [0.2, 0.25) is 5.91 Å². The van der Waals surface area contributed by atoms with Gasteiger partial charge in [0.15, 0.2) is 0 Å². The second-order valence-corrected chi connectivity index (χ2v) is 9.46. The maximum absolute atomic E-state index is 12.9. The number of fused-ring (bicyclic) bond motifs is 4. The van der Waals surface area contributed by atoms with Crippen molar-refractivity contribution < 1.29 is 19.1 Å². The summed E-state index contributed by atoms with van der Waals surface area (Å²) in [6.07, 6.45) is 16.5. The zero-order chi connectivity index (χ0) is 23.0. The van der Waals surface area contributed by atoms with E-state index in [4.69, 9.17) is 9.47 Å². The predicted octanol–water partition coefficient (Wildman–Crippen LogP) is 5.33. The van der Waals surface area contributed by atoms with Gasteiger partial charge >= 0.3 is 6.09 Å². The predicted molar refractivity (Wildman–Crippen MR) is 128 cm³/mol. The van der Waals surface area contributed by atoms with Gasteiger partial charge in [-0.3, -0.25) is 4.79 Å². The minimum absolute atomic E-state index is 0.214. The number of allylic oxidation sites excluding steroid dienone is 1.